The van der Waals surface area contributed by atoms with Crippen molar-refractivity contribution < 1.29 is 17.7 Å². The van der Waals surface area contributed by atoms with Crippen LogP contribution in [0.1, 0.15) is 16.3 Å². The number of halogens is 3. The first-order chi connectivity index (χ1) is 7.45. The molecule has 2 N–H and O–H groups in total. The van der Waals surface area contributed by atoms with Crippen LogP contribution >= 0.6 is 11.3 Å². The van der Waals surface area contributed by atoms with Crippen molar-refractivity contribution in [2.45, 2.75) is 12.6 Å². The number of nitrogens with two attached hydrogens (primary N) is 1. The van der Waals surface area contributed by atoms with E-state index in [2.05, 4.69) is 14.7 Å². The molecule has 0 spiro atoms. The lowest BCUT2D eigenvalue weighted by Crippen LogP contribution is -2.02. The molecule has 0 radical (unpaired) electrons. The van der Waals surface area contributed by atoms with Crippen LogP contribution in [0.2, 0.25) is 0 Å². The molecule has 0 bridgehead atoms. The summed E-state index contributed by atoms with van der Waals surface area (Å²) in [6.07, 6.45) is -2.77. The van der Waals surface area contributed by atoms with Gasteiger partial charge < -0.3 is 10.3 Å². The summed E-state index contributed by atoms with van der Waals surface area (Å²) in [6.45, 7) is 0. The highest BCUT2D eigenvalue weighted by Gasteiger charge is 2.36. The minimum absolute atomic E-state index is 0.205. The molecule has 0 aliphatic carbocycles. The molecule has 4 nitrogen and oxygen atoms in total. The number of nitrogen functional groups attached to an aromatic ring is 1. The van der Waals surface area contributed by atoms with E-state index in [0.29, 0.717) is 5.13 Å². The number of rotatable bonds is 2. The minimum atomic E-state index is -4.50. The number of anilines is 1. The van der Waals surface area contributed by atoms with Gasteiger partial charge in [-0.05, 0) is 0 Å². The fourth-order valence-corrected chi connectivity index (χ4v) is 1.81. The lowest BCUT2D eigenvalue weighted by atomic mass is 10.2. The van der Waals surface area contributed by atoms with Crippen molar-refractivity contribution in [2.24, 2.45) is 0 Å². The highest BCUT2D eigenvalue weighted by Crippen LogP contribution is 2.30. The first-order valence-corrected chi connectivity index (χ1v) is 5.00. The molecule has 8 heteroatoms. The SMILES string of the molecule is Nc1ncc(Cc2cc(C(F)(F)F)on2)s1. The molecule has 16 heavy (non-hydrogen) atoms. The summed E-state index contributed by atoms with van der Waals surface area (Å²) in [4.78, 5) is 4.52. The summed E-state index contributed by atoms with van der Waals surface area (Å²) >= 11 is 1.20. The van der Waals surface area contributed by atoms with E-state index >= 15 is 0 Å². The van der Waals surface area contributed by atoms with Crippen molar-refractivity contribution in [3.8, 4) is 0 Å². The topological polar surface area (TPSA) is 64.9 Å². The van der Waals surface area contributed by atoms with Crippen LogP contribution in [0, 0.1) is 0 Å². The highest BCUT2D eigenvalue weighted by molar-refractivity contribution is 7.15. The first-order valence-electron chi connectivity index (χ1n) is 4.18. The Morgan fingerprint density at radius 1 is 1.44 bits per heavy atom. The maximum Gasteiger partial charge on any atom is 0.452 e. The zero-order valence-electron chi connectivity index (χ0n) is 7.78. The van der Waals surface area contributed by atoms with Gasteiger partial charge in [-0.1, -0.05) is 5.16 Å². The van der Waals surface area contributed by atoms with Crippen LogP contribution in [-0.4, -0.2) is 10.1 Å². The molecule has 0 fully saturated rings. The molecule has 0 aliphatic rings. The maximum atomic E-state index is 12.2. The quantitative estimate of drug-likeness (QED) is 0.887. The van der Waals surface area contributed by atoms with Gasteiger partial charge in [0, 0.05) is 23.6 Å². The third-order valence-corrected chi connectivity index (χ3v) is 2.59. The largest absolute Gasteiger partial charge is 0.452 e. The van der Waals surface area contributed by atoms with Crippen molar-refractivity contribution in [1.29, 1.82) is 0 Å². The van der Waals surface area contributed by atoms with Gasteiger partial charge in [0.25, 0.3) is 0 Å². The molecule has 2 aromatic rings. The Hall–Kier alpha value is -1.57. The van der Waals surface area contributed by atoms with E-state index in [0.717, 1.165) is 10.9 Å². The van der Waals surface area contributed by atoms with Gasteiger partial charge in [0.05, 0.1) is 5.69 Å². The zero-order chi connectivity index (χ0) is 11.8. The maximum absolute atomic E-state index is 12.2. The Morgan fingerprint density at radius 3 is 2.69 bits per heavy atom. The van der Waals surface area contributed by atoms with E-state index in [4.69, 9.17) is 5.73 Å². The van der Waals surface area contributed by atoms with Gasteiger partial charge in [-0.15, -0.1) is 11.3 Å². The Morgan fingerprint density at radius 2 is 2.19 bits per heavy atom. The summed E-state index contributed by atoms with van der Waals surface area (Å²) in [5.41, 5.74) is 5.59. The van der Waals surface area contributed by atoms with E-state index in [9.17, 15) is 13.2 Å². The van der Waals surface area contributed by atoms with Crippen LogP contribution < -0.4 is 5.73 Å². The van der Waals surface area contributed by atoms with Crippen molar-refractivity contribution in [3.63, 3.8) is 0 Å². The van der Waals surface area contributed by atoms with Crippen molar-refractivity contribution >= 4 is 16.5 Å². The minimum Gasteiger partial charge on any atom is -0.375 e. The molecule has 0 aromatic carbocycles. The van der Waals surface area contributed by atoms with E-state index in [-0.39, 0.29) is 12.1 Å². The molecule has 0 atom stereocenters. The second kappa shape index (κ2) is 3.78. The lowest BCUT2D eigenvalue weighted by molar-refractivity contribution is -0.155. The summed E-state index contributed by atoms with van der Waals surface area (Å²) in [5, 5.41) is 3.70. The van der Waals surface area contributed by atoms with E-state index in [1.807, 2.05) is 0 Å². The highest BCUT2D eigenvalue weighted by atomic mass is 32.1. The molecule has 2 rings (SSSR count). The molecule has 0 saturated carbocycles. The molecule has 0 unspecified atom stereocenters. The Balaban J connectivity index is 2.14. The van der Waals surface area contributed by atoms with E-state index in [1.54, 1.807) is 0 Å². The summed E-state index contributed by atoms with van der Waals surface area (Å²) < 4.78 is 40.7. The van der Waals surface area contributed by atoms with Gasteiger partial charge >= 0.3 is 6.18 Å². The Labute approximate surface area is 91.9 Å². The average molecular weight is 249 g/mol. The smallest absolute Gasteiger partial charge is 0.375 e. The number of aromatic nitrogens is 2. The van der Waals surface area contributed by atoms with Gasteiger partial charge in [-0.25, -0.2) is 4.98 Å². The number of hydrogen-bond donors (Lipinski definition) is 1. The predicted octanol–water partition coefficient (Wildman–Crippen LogP) is 2.32. The molecule has 0 amide bonds. The first kappa shape index (κ1) is 10.9. The average Bonchev–Trinajstić information content (AvgIpc) is 2.74. The standard InChI is InChI=1S/C8H6F3N3OS/c9-8(10,11)6-2-4(14-15-6)1-5-3-13-7(12)16-5/h2-3H,1H2,(H2,12,13). The van der Waals surface area contributed by atoms with Crippen LogP contribution in [0.4, 0.5) is 18.3 Å². The summed E-state index contributed by atoms with van der Waals surface area (Å²) in [5.74, 6) is -1.10. The molecule has 0 saturated heterocycles. The molecular weight excluding hydrogens is 243 g/mol. The van der Waals surface area contributed by atoms with Gasteiger partial charge in [0.2, 0.25) is 5.76 Å². The fraction of sp³-hybridized carbons (Fsp3) is 0.250. The molecule has 0 aliphatic heterocycles. The fourth-order valence-electron chi connectivity index (χ4n) is 1.11. The number of thiazole rings is 1. The normalized spacial score (nSPS) is 11.9. The lowest BCUT2D eigenvalue weighted by Gasteiger charge is -1.97. The molecule has 2 aromatic heterocycles. The van der Waals surface area contributed by atoms with Crippen molar-refractivity contribution in [1.82, 2.24) is 10.1 Å². The zero-order valence-corrected chi connectivity index (χ0v) is 8.60. The van der Waals surface area contributed by atoms with Crippen molar-refractivity contribution in [3.05, 3.63) is 28.6 Å². The number of nitrogens with zero attached hydrogens (tertiary/aromatic N) is 2. The van der Waals surface area contributed by atoms with Crippen molar-refractivity contribution in [2.75, 3.05) is 5.73 Å². The Kier molecular flexibility index (Phi) is 2.58. The van der Waals surface area contributed by atoms with Gasteiger partial charge in [0.15, 0.2) is 5.13 Å². The van der Waals surface area contributed by atoms with E-state index < -0.39 is 11.9 Å². The summed E-state index contributed by atoms with van der Waals surface area (Å²) in [6, 6.07) is 0.871. The van der Waals surface area contributed by atoms with Crippen LogP contribution in [0.25, 0.3) is 0 Å². The van der Waals surface area contributed by atoms with E-state index in [1.165, 1.54) is 17.5 Å². The monoisotopic (exact) mass is 249 g/mol. The van der Waals surface area contributed by atoms with Crippen LogP contribution in [0.5, 0.6) is 0 Å². The molecular formula is C8H6F3N3OS. The second-order valence-corrected chi connectivity index (χ2v) is 4.17. The second-order valence-electron chi connectivity index (χ2n) is 3.02. The van der Waals surface area contributed by atoms with Crippen LogP contribution in [0.3, 0.4) is 0 Å². The number of hydrogen-bond acceptors (Lipinski definition) is 5. The molecule has 86 valence electrons. The third-order valence-electron chi connectivity index (χ3n) is 1.77. The summed E-state index contributed by atoms with van der Waals surface area (Å²) in [7, 11) is 0. The van der Waals surface area contributed by atoms with Crippen LogP contribution in [-0.2, 0) is 12.6 Å². The third kappa shape index (κ3) is 2.32. The van der Waals surface area contributed by atoms with Crippen LogP contribution in [0.15, 0.2) is 16.8 Å². The van der Waals surface area contributed by atoms with Gasteiger partial charge in [-0.3, -0.25) is 0 Å². The Bertz CT molecular complexity index is 491. The number of alkyl halides is 3. The van der Waals surface area contributed by atoms with Gasteiger partial charge in [0.1, 0.15) is 0 Å². The van der Waals surface area contributed by atoms with Gasteiger partial charge in [-0.2, -0.15) is 13.2 Å². The molecule has 2 heterocycles. The predicted molar refractivity (Wildman–Crippen MR) is 50.8 cm³/mol.